The number of alkyl halides is 1. The Bertz CT molecular complexity index is 390. The Balaban J connectivity index is 2.58. The van der Waals surface area contributed by atoms with Crippen LogP contribution in [-0.2, 0) is 11.2 Å². The molecule has 0 aromatic heterocycles. The standard InChI is InChI=1S/C15H22ClNO/c1-11(2)14(8-9-16)17-15(18)10-13-7-5-4-6-12(13)3/h4-7,11,14H,8-10H2,1-3H3,(H,17,18). The van der Waals surface area contributed by atoms with Gasteiger partial charge in [0.05, 0.1) is 6.42 Å². The highest BCUT2D eigenvalue weighted by molar-refractivity contribution is 6.17. The van der Waals surface area contributed by atoms with Crippen molar-refractivity contribution in [2.75, 3.05) is 5.88 Å². The SMILES string of the molecule is Cc1ccccc1CC(=O)NC(CCCl)C(C)C. The molecule has 0 heterocycles. The van der Waals surface area contributed by atoms with Gasteiger partial charge in [0.15, 0.2) is 0 Å². The van der Waals surface area contributed by atoms with Gasteiger partial charge in [-0.05, 0) is 30.4 Å². The van der Waals surface area contributed by atoms with Gasteiger partial charge in [-0.3, -0.25) is 4.79 Å². The minimum Gasteiger partial charge on any atom is -0.353 e. The lowest BCUT2D eigenvalue weighted by molar-refractivity contribution is -0.121. The zero-order valence-electron chi connectivity index (χ0n) is 11.4. The van der Waals surface area contributed by atoms with Crippen LogP contribution in [0.5, 0.6) is 0 Å². The Morgan fingerprint density at radius 1 is 1.33 bits per heavy atom. The summed E-state index contributed by atoms with van der Waals surface area (Å²) < 4.78 is 0. The van der Waals surface area contributed by atoms with Gasteiger partial charge >= 0.3 is 0 Å². The molecule has 1 aromatic carbocycles. The largest absolute Gasteiger partial charge is 0.353 e. The number of nitrogens with one attached hydrogen (secondary N) is 1. The van der Waals surface area contributed by atoms with Crippen LogP contribution in [0.3, 0.4) is 0 Å². The van der Waals surface area contributed by atoms with E-state index in [1.807, 2.05) is 31.2 Å². The number of aryl methyl sites for hydroxylation is 1. The number of carbonyl (C=O) groups excluding carboxylic acids is 1. The quantitative estimate of drug-likeness (QED) is 0.788. The third-order valence-corrected chi connectivity index (χ3v) is 3.40. The number of carbonyl (C=O) groups is 1. The Hall–Kier alpha value is -1.02. The van der Waals surface area contributed by atoms with E-state index in [9.17, 15) is 4.79 Å². The van der Waals surface area contributed by atoms with Crippen LogP contribution in [0.2, 0.25) is 0 Å². The van der Waals surface area contributed by atoms with Crippen molar-refractivity contribution in [3.8, 4) is 0 Å². The Morgan fingerprint density at radius 2 is 2.00 bits per heavy atom. The van der Waals surface area contributed by atoms with Gasteiger partial charge in [0, 0.05) is 11.9 Å². The van der Waals surface area contributed by atoms with E-state index in [0.717, 1.165) is 17.5 Å². The minimum absolute atomic E-state index is 0.0770. The smallest absolute Gasteiger partial charge is 0.224 e. The van der Waals surface area contributed by atoms with Crippen LogP contribution in [0.4, 0.5) is 0 Å². The summed E-state index contributed by atoms with van der Waals surface area (Å²) in [6.45, 7) is 6.23. The first-order chi connectivity index (χ1) is 8.54. The van der Waals surface area contributed by atoms with Crippen molar-refractivity contribution >= 4 is 17.5 Å². The first-order valence-corrected chi connectivity index (χ1v) is 6.98. The maximum Gasteiger partial charge on any atom is 0.224 e. The molecule has 1 aromatic rings. The maximum absolute atomic E-state index is 12.0. The second kappa shape index (κ2) is 7.42. The number of hydrogen-bond donors (Lipinski definition) is 1. The fourth-order valence-electron chi connectivity index (χ4n) is 1.93. The first-order valence-electron chi connectivity index (χ1n) is 6.44. The molecular formula is C15H22ClNO. The van der Waals surface area contributed by atoms with Crippen molar-refractivity contribution in [1.82, 2.24) is 5.32 Å². The van der Waals surface area contributed by atoms with E-state index >= 15 is 0 Å². The second-order valence-corrected chi connectivity index (χ2v) is 5.38. The molecule has 0 radical (unpaired) electrons. The number of rotatable bonds is 6. The topological polar surface area (TPSA) is 29.1 Å². The molecule has 100 valence electrons. The van der Waals surface area contributed by atoms with Gasteiger partial charge in [-0.2, -0.15) is 0 Å². The molecule has 1 atom stereocenters. The van der Waals surface area contributed by atoms with E-state index in [0.29, 0.717) is 18.2 Å². The van der Waals surface area contributed by atoms with Gasteiger partial charge in [-0.1, -0.05) is 38.1 Å². The van der Waals surface area contributed by atoms with Gasteiger partial charge < -0.3 is 5.32 Å². The number of amides is 1. The monoisotopic (exact) mass is 267 g/mol. The lowest BCUT2D eigenvalue weighted by atomic mass is 10.0. The molecule has 0 spiro atoms. The maximum atomic E-state index is 12.0. The molecule has 0 saturated heterocycles. The fourth-order valence-corrected chi connectivity index (χ4v) is 2.16. The lowest BCUT2D eigenvalue weighted by Gasteiger charge is -2.21. The summed E-state index contributed by atoms with van der Waals surface area (Å²) >= 11 is 5.76. The van der Waals surface area contributed by atoms with Gasteiger partial charge in [0.25, 0.3) is 0 Å². The van der Waals surface area contributed by atoms with E-state index in [2.05, 4.69) is 19.2 Å². The van der Waals surface area contributed by atoms with E-state index in [1.54, 1.807) is 0 Å². The predicted octanol–water partition coefficient (Wildman–Crippen LogP) is 3.31. The number of hydrogen-bond acceptors (Lipinski definition) is 1. The molecule has 0 aliphatic rings. The summed E-state index contributed by atoms with van der Waals surface area (Å²) in [5.41, 5.74) is 2.24. The summed E-state index contributed by atoms with van der Waals surface area (Å²) in [5, 5.41) is 3.07. The molecular weight excluding hydrogens is 246 g/mol. The fraction of sp³-hybridized carbons (Fsp3) is 0.533. The molecule has 2 nitrogen and oxygen atoms in total. The van der Waals surface area contributed by atoms with E-state index in [1.165, 1.54) is 0 Å². The molecule has 0 fully saturated rings. The van der Waals surface area contributed by atoms with Crippen LogP contribution in [0.15, 0.2) is 24.3 Å². The van der Waals surface area contributed by atoms with Crippen molar-refractivity contribution in [2.45, 2.75) is 39.7 Å². The van der Waals surface area contributed by atoms with Crippen molar-refractivity contribution in [3.63, 3.8) is 0 Å². The van der Waals surface area contributed by atoms with Crippen molar-refractivity contribution in [2.24, 2.45) is 5.92 Å². The van der Waals surface area contributed by atoms with Gasteiger partial charge in [0.2, 0.25) is 5.91 Å². The molecule has 1 unspecified atom stereocenters. The molecule has 0 bridgehead atoms. The Labute approximate surface area is 115 Å². The highest BCUT2D eigenvalue weighted by atomic mass is 35.5. The van der Waals surface area contributed by atoms with E-state index < -0.39 is 0 Å². The summed E-state index contributed by atoms with van der Waals surface area (Å²) in [7, 11) is 0. The molecule has 0 aliphatic carbocycles. The minimum atomic E-state index is 0.0770. The third kappa shape index (κ3) is 4.69. The van der Waals surface area contributed by atoms with Crippen LogP contribution < -0.4 is 5.32 Å². The molecule has 0 aliphatic heterocycles. The predicted molar refractivity (Wildman–Crippen MR) is 77.0 cm³/mol. The number of benzene rings is 1. The van der Waals surface area contributed by atoms with Crippen LogP contribution in [0.1, 0.15) is 31.4 Å². The zero-order chi connectivity index (χ0) is 13.5. The van der Waals surface area contributed by atoms with Gasteiger partial charge in [-0.25, -0.2) is 0 Å². The van der Waals surface area contributed by atoms with Gasteiger partial charge in [0.1, 0.15) is 0 Å². The van der Waals surface area contributed by atoms with Crippen LogP contribution in [0.25, 0.3) is 0 Å². The molecule has 1 amide bonds. The molecule has 18 heavy (non-hydrogen) atoms. The molecule has 1 N–H and O–H groups in total. The lowest BCUT2D eigenvalue weighted by Crippen LogP contribution is -2.39. The van der Waals surface area contributed by atoms with E-state index in [4.69, 9.17) is 11.6 Å². The van der Waals surface area contributed by atoms with Gasteiger partial charge in [-0.15, -0.1) is 11.6 Å². The summed E-state index contributed by atoms with van der Waals surface area (Å²) in [6.07, 6.45) is 1.26. The van der Waals surface area contributed by atoms with Crippen LogP contribution >= 0.6 is 11.6 Å². The Kier molecular flexibility index (Phi) is 6.20. The van der Waals surface area contributed by atoms with Crippen molar-refractivity contribution in [1.29, 1.82) is 0 Å². The third-order valence-electron chi connectivity index (χ3n) is 3.18. The summed E-state index contributed by atoms with van der Waals surface area (Å²) in [6, 6.07) is 8.15. The highest BCUT2D eigenvalue weighted by Crippen LogP contribution is 2.10. The van der Waals surface area contributed by atoms with E-state index in [-0.39, 0.29) is 11.9 Å². The summed E-state index contributed by atoms with van der Waals surface area (Å²) in [4.78, 5) is 12.0. The average molecular weight is 268 g/mol. The first kappa shape index (κ1) is 15.0. The van der Waals surface area contributed by atoms with Crippen molar-refractivity contribution < 1.29 is 4.79 Å². The summed E-state index contributed by atoms with van der Waals surface area (Å²) in [5.74, 6) is 1.06. The van der Waals surface area contributed by atoms with Crippen LogP contribution in [0, 0.1) is 12.8 Å². The number of halogens is 1. The Morgan fingerprint density at radius 3 is 2.56 bits per heavy atom. The molecule has 1 rings (SSSR count). The van der Waals surface area contributed by atoms with Crippen molar-refractivity contribution in [3.05, 3.63) is 35.4 Å². The molecule has 0 saturated carbocycles. The second-order valence-electron chi connectivity index (χ2n) is 5.00. The highest BCUT2D eigenvalue weighted by Gasteiger charge is 2.15. The normalized spacial score (nSPS) is 12.5. The zero-order valence-corrected chi connectivity index (χ0v) is 12.1. The van der Waals surface area contributed by atoms with Crippen LogP contribution in [-0.4, -0.2) is 17.8 Å². The molecule has 3 heteroatoms. The average Bonchev–Trinajstić information content (AvgIpc) is 2.31.